The largest absolute Gasteiger partial charge is 0.353 e. The van der Waals surface area contributed by atoms with Crippen molar-refractivity contribution in [3.05, 3.63) is 41.4 Å². The van der Waals surface area contributed by atoms with Crippen LogP contribution in [-0.2, 0) is 9.59 Å². The van der Waals surface area contributed by atoms with Crippen molar-refractivity contribution in [2.75, 3.05) is 18.0 Å². The fourth-order valence-electron chi connectivity index (χ4n) is 1.61. The Kier molecular flexibility index (Phi) is 6.29. The first-order valence-electron chi connectivity index (χ1n) is 5.96. The first-order chi connectivity index (χ1) is 9.06. The van der Waals surface area contributed by atoms with E-state index in [1.165, 1.54) is 6.92 Å². The SMILES string of the molecule is C=CCNC(=O)CCN(C(C)=O)c1ccccc1Br. The van der Waals surface area contributed by atoms with Crippen molar-refractivity contribution in [2.45, 2.75) is 13.3 Å². The second kappa shape index (κ2) is 7.74. The highest BCUT2D eigenvalue weighted by Gasteiger charge is 2.15. The van der Waals surface area contributed by atoms with Gasteiger partial charge in [-0.05, 0) is 28.1 Å². The lowest BCUT2D eigenvalue weighted by Gasteiger charge is -2.22. The Balaban J connectivity index is 2.70. The molecule has 0 heterocycles. The van der Waals surface area contributed by atoms with Crippen LogP contribution in [0.15, 0.2) is 41.4 Å². The molecule has 1 aromatic rings. The molecule has 1 N–H and O–H groups in total. The topological polar surface area (TPSA) is 49.4 Å². The van der Waals surface area contributed by atoms with E-state index in [9.17, 15) is 9.59 Å². The minimum Gasteiger partial charge on any atom is -0.353 e. The fourth-order valence-corrected chi connectivity index (χ4v) is 2.10. The van der Waals surface area contributed by atoms with Gasteiger partial charge in [-0.3, -0.25) is 9.59 Å². The smallest absolute Gasteiger partial charge is 0.223 e. The third-order valence-electron chi connectivity index (χ3n) is 2.53. The van der Waals surface area contributed by atoms with Crippen molar-refractivity contribution in [1.82, 2.24) is 5.32 Å². The van der Waals surface area contributed by atoms with Crippen LogP contribution in [-0.4, -0.2) is 24.9 Å². The van der Waals surface area contributed by atoms with Gasteiger partial charge in [0.05, 0.1) is 5.69 Å². The number of para-hydroxylation sites is 1. The van der Waals surface area contributed by atoms with Gasteiger partial charge in [0.15, 0.2) is 0 Å². The van der Waals surface area contributed by atoms with Crippen molar-refractivity contribution in [3.8, 4) is 0 Å². The van der Waals surface area contributed by atoms with E-state index >= 15 is 0 Å². The van der Waals surface area contributed by atoms with Crippen LogP contribution in [0.4, 0.5) is 5.69 Å². The summed E-state index contributed by atoms with van der Waals surface area (Å²) < 4.78 is 0.830. The van der Waals surface area contributed by atoms with Crippen molar-refractivity contribution >= 4 is 33.4 Å². The molecule has 0 fully saturated rings. The van der Waals surface area contributed by atoms with Crippen LogP contribution in [0.3, 0.4) is 0 Å². The molecule has 4 nitrogen and oxygen atoms in total. The maximum Gasteiger partial charge on any atom is 0.223 e. The van der Waals surface area contributed by atoms with Crippen molar-refractivity contribution in [1.29, 1.82) is 0 Å². The number of benzene rings is 1. The molecule has 0 saturated carbocycles. The molecule has 0 spiro atoms. The molecule has 0 aliphatic heterocycles. The van der Waals surface area contributed by atoms with Gasteiger partial charge in [0.2, 0.25) is 11.8 Å². The van der Waals surface area contributed by atoms with Crippen molar-refractivity contribution in [3.63, 3.8) is 0 Å². The monoisotopic (exact) mass is 324 g/mol. The molecule has 19 heavy (non-hydrogen) atoms. The number of hydrogen-bond donors (Lipinski definition) is 1. The lowest BCUT2D eigenvalue weighted by atomic mass is 10.2. The van der Waals surface area contributed by atoms with Crippen LogP contribution in [0.25, 0.3) is 0 Å². The van der Waals surface area contributed by atoms with E-state index in [4.69, 9.17) is 0 Å². The predicted molar refractivity (Wildman–Crippen MR) is 80.0 cm³/mol. The second-order valence-electron chi connectivity index (χ2n) is 3.96. The average molecular weight is 325 g/mol. The molecular formula is C14H17BrN2O2. The van der Waals surface area contributed by atoms with Crippen LogP contribution in [0.5, 0.6) is 0 Å². The van der Waals surface area contributed by atoms with Crippen molar-refractivity contribution < 1.29 is 9.59 Å². The summed E-state index contributed by atoms with van der Waals surface area (Å²) in [6, 6.07) is 7.44. The lowest BCUT2D eigenvalue weighted by molar-refractivity contribution is -0.120. The number of amides is 2. The van der Waals surface area contributed by atoms with Crippen LogP contribution in [0, 0.1) is 0 Å². The summed E-state index contributed by atoms with van der Waals surface area (Å²) in [4.78, 5) is 24.8. The first kappa shape index (κ1) is 15.4. The van der Waals surface area contributed by atoms with Gasteiger partial charge in [0.25, 0.3) is 0 Å². The maximum absolute atomic E-state index is 11.7. The van der Waals surface area contributed by atoms with Gasteiger partial charge in [-0.25, -0.2) is 0 Å². The lowest BCUT2D eigenvalue weighted by Crippen LogP contribution is -2.34. The average Bonchev–Trinajstić information content (AvgIpc) is 2.38. The van der Waals surface area contributed by atoms with E-state index in [-0.39, 0.29) is 18.2 Å². The number of nitrogens with zero attached hydrogens (tertiary/aromatic N) is 1. The van der Waals surface area contributed by atoms with E-state index in [0.717, 1.165) is 10.2 Å². The molecule has 0 bridgehead atoms. The summed E-state index contributed by atoms with van der Waals surface area (Å²) in [5.41, 5.74) is 0.770. The molecule has 0 aliphatic carbocycles. The van der Waals surface area contributed by atoms with Crippen LogP contribution < -0.4 is 10.2 Å². The fraction of sp³-hybridized carbons (Fsp3) is 0.286. The Bertz CT molecular complexity index is 474. The number of carbonyl (C=O) groups excluding carboxylic acids is 2. The first-order valence-corrected chi connectivity index (χ1v) is 6.75. The Labute approximate surface area is 121 Å². The second-order valence-corrected chi connectivity index (χ2v) is 4.82. The van der Waals surface area contributed by atoms with Gasteiger partial charge in [0, 0.05) is 30.9 Å². The van der Waals surface area contributed by atoms with Crippen LogP contribution >= 0.6 is 15.9 Å². The number of hydrogen-bond acceptors (Lipinski definition) is 2. The van der Waals surface area contributed by atoms with E-state index < -0.39 is 0 Å². The molecule has 102 valence electrons. The highest BCUT2D eigenvalue weighted by molar-refractivity contribution is 9.10. The maximum atomic E-state index is 11.7. The van der Waals surface area contributed by atoms with Gasteiger partial charge in [-0.15, -0.1) is 6.58 Å². The van der Waals surface area contributed by atoms with Gasteiger partial charge in [-0.2, -0.15) is 0 Å². The van der Waals surface area contributed by atoms with Crippen LogP contribution in [0.2, 0.25) is 0 Å². The molecule has 5 heteroatoms. The molecule has 1 aromatic carbocycles. The summed E-state index contributed by atoms with van der Waals surface area (Å²) in [6.07, 6.45) is 1.88. The molecule has 0 aliphatic rings. The Hall–Kier alpha value is -1.62. The highest BCUT2D eigenvalue weighted by atomic mass is 79.9. The van der Waals surface area contributed by atoms with E-state index in [0.29, 0.717) is 13.1 Å². The van der Waals surface area contributed by atoms with E-state index in [1.54, 1.807) is 11.0 Å². The summed E-state index contributed by atoms with van der Waals surface area (Å²) in [7, 11) is 0. The Morgan fingerprint density at radius 2 is 2.11 bits per heavy atom. The third kappa shape index (κ3) is 4.87. The van der Waals surface area contributed by atoms with Gasteiger partial charge >= 0.3 is 0 Å². The third-order valence-corrected chi connectivity index (χ3v) is 3.20. The molecule has 0 atom stereocenters. The summed E-state index contributed by atoms with van der Waals surface area (Å²) >= 11 is 3.41. The van der Waals surface area contributed by atoms with Crippen LogP contribution in [0.1, 0.15) is 13.3 Å². The number of carbonyl (C=O) groups is 2. The summed E-state index contributed by atoms with van der Waals surface area (Å²) in [5, 5.41) is 2.69. The van der Waals surface area contributed by atoms with Crippen molar-refractivity contribution in [2.24, 2.45) is 0 Å². The Morgan fingerprint density at radius 1 is 1.42 bits per heavy atom. The zero-order chi connectivity index (χ0) is 14.3. The highest BCUT2D eigenvalue weighted by Crippen LogP contribution is 2.25. The number of nitrogens with one attached hydrogen (secondary N) is 1. The molecule has 0 aromatic heterocycles. The summed E-state index contributed by atoms with van der Waals surface area (Å²) in [6.45, 7) is 5.80. The molecule has 1 rings (SSSR count). The predicted octanol–water partition coefficient (Wildman–Crippen LogP) is 2.49. The minimum atomic E-state index is -0.0989. The van der Waals surface area contributed by atoms with Gasteiger partial charge in [-0.1, -0.05) is 18.2 Å². The molecule has 0 radical (unpaired) electrons. The number of rotatable bonds is 6. The van der Waals surface area contributed by atoms with Gasteiger partial charge < -0.3 is 10.2 Å². The normalized spacial score (nSPS) is 9.79. The number of halogens is 1. The van der Waals surface area contributed by atoms with Gasteiger partial charge in [0.1, 0.15) is 0 Å². The Morgan fingerprint density at radius 3 is 2.68 bits per heavy atom. The molecule has 2 amide bonds. The van der Waals surface area contributed by atoms with E-state index in [1.807, 2.05) is 24.3 Å². The zero-order valence-corrected chi connectivity index (χ0v) is 12.4. The molecule has 0 unspecified atom stereocenters. The minimum absolute atomic E-state index is 0.0941. The van der Waals surface area contributed by atoms with E-state index in [2.05, 4.69) is 27.8 Å². The quantitative estimate of drug-likeness (QED) is 0.817. The zero-order valence-electron chi connectivity index (χ0n) is 10.9. The molecule has 0 saturated heterocycles. The number of anilines is 1. The summed E-state index contributed by atoms with van der Waals surface area (Å²) in [5.74, 6) is -0.193. The molecular weight excluding hydrogens is 308 g/mol. The standard InChI is InChI=1S/C14H17BrN2O2/c1-3-9-16-14(19)8-10-17(11(2)18)13-7-5-4-6-12(13)15/h3-7H,1,8-10H2,2H3,(H,16,19).